The number of hydrogen-bond donors (Lipinski definition) is 2. The molecule has 2 N–H and O–H groups in total. The fourth-order valence-corrected chi connectivity index (χ4v) is 3.97. The van der Waals surface area contributed by atoms with Crippen molar-refractivity contribution in [3.63, 3.8) is 0 Å². The van der Waals surface area contributed by atoms with Crippen LogP contribution in [-0.4, -0.2) is 55.0 Å². The van der Waals surface area contributed by atoms with Crippen molar-refractivity contribution in [2.24, 2.45) is 0 Å². The topological polar surface area (TPSA) is 97.8 Å². The van der Waals surface area contributed by atoms with E-state index in [0.717, 1.165) is 55.7 Å². The predicted octanol–water partition coefficient (Wildman–Crippen LogP) is 2.52. The number of benzene rings is 1. The SMILES string of the molecule is CONC(=O)Nc1ccc(-c2nc3c(c(N4CCOCC4)n2)CCC2(CC2)O3)cc1. The van der Waals surface area contributed by atoms with E-state index in [4.69, 9.17) is 19.4 Å². The summed E-state index contributed by atoms with van der Waals surface area (Å²) in [4.78, 5) is 28.2. The minimum Gasteiger partial charge on any atom is -0.471 e. The van der Waals surface area contributed by atoms with Crippen LogP contribution in [0.2, 0.25) is 0 Å². The number of aromatic nitrogens is 2. The summed E-state index contributed by atoms with van der Waals surface area (Å²) >= 11 is 0. The first-order valence-corrected chi connectivity index (χ1v) is 10.3. The third kappa shape index (κ3) is 3.78. The Morgan fingerprint density at radius 2 is 1.90 bits per heavy atom. The van der Waals surface area contributed by atoms with E-state index < -0.39 is 6.03 Å². The number of morpholine rings is 1. The number of urea groups is 1. The average Bonchev–Trinajstić information content (AvgIpc) is 3.52. The number of nitrogens with zero attached hydrogens (tertiary/aromatic N) is 3. The van der Waals surface area contributed by atoms with E-state index in [0.29, 0.717) is 30.6 Å². The minimum atomic E-state index is -0.437. The van der Waals surface area contributed by atoms with Gasteiger partial charge in [0.15, 0.2) is 5.82 Å². The number of carbonyl (C=O) groups is 1. The third-order valence-electron chi connectivity index (χ3n) is 5.81. The third-order valence-corrected chi connectivity index (χ3v) is 5.81. The summed E-state index contributed by atoms with van der Waals surface area (Å²) in [7, 11) is 1.38. The number of carbonyl (C=O) groups excluding carboxylic acids is 1. The highest BCUT2D eigenvalue weighted by atomic mass is 16.6. The molecular formula is C21H25N5O4. The molecule has 2 aromatic rings. The maximum absolute atomic E-state index is 11.6. The molecule has 2 fully saturated rings. The normalized spacial score (nSPS) is 19.0. The van der Waals surface area contributed by atoms with Gasteiger partial charge in [0.05, 0.1) is 25.9 Å². The molecule has 5 rings (SSSR count). The highest BCUT2D eigenvalue weighted by molar-refractivity contribution is 5.88. The number of ether oxygens (including phenoxy) is 2. The van der Waals surface area contributed by atoms with Crippen LogP contribution < -0.4 is 20.4 Å². The van der Waals surface area contributed by atoms with Crippen molar-refractivity contribution in [1.82, 2.24) is 15.4 Å². The molecule has 0 radical (unpaired) electrons. The van der Waals surface area contributed by atoms with Gasteiger partial charge in [-0.25, -0.2) is 15.3 Å². The molecule has 3 heterocycles. The van der Waals surface area contributed by atoms with Crippen molar-refractivity contribution in [1.29, 1.82) is 0 Å². The van der Waals surface area contributed by atoms with Gasteiger partial charge in [-0.1, -0.05) is 0 Å². The first-order chi connectivity index (χ1) is 14.7. The zero-order chi connectivity index (χ0) is 20.6. The van der Waals surface area contributed by atoms with Gasteiger partial charge in [-0.05, 0) is 49.9 Å². The Labute approximate surface area is 174 Å². The quantitative estimate of drug-likeness (QED) is 0.746. The van der Waals surface area contributed by atoms with Crippen molar-refractivity contribution < 1.29 is 19.1 Å². The zero-order valence-electron chi connectivity index (χ0n) is 16.9. The van der Waals surface area contributed by atoms with Crippen LogP contribution in [0.3, 0.4) is 0 Å². The molecule has 9 heteroatoms. The van der Waals surface area contributed by atoms with Crippen molar-refractivity contribution in [2.45, 2.75) is 31.3 Å². The zero-order valence-corrected chi connectivity index (χ0v) is 16.9. The fourth-order valence-electron chi connectivity index (χ4n) is 3.97. The molecule has 1 spiro atoms. The summed E-state index contributed by atoms with van der Waals surface area (Å²) in [5.41, 5.74) is 4.83. The van der Waals surface area contributed by atoms with Crippen LogP contribution >= 0.6 is 0 Å². The summed E-state index contributed by atoms with van der Waals surface area (Å²) in [6.45, 7) is 3.02. The largest absolute Gasteiger partial charge is 0.471 e. The standard InChI is InChI=1S/C21H25N5O4/c1-28-25-20(27)22-15-4-2-14(3-5-15)17-23-18(26-10-12-29-13-11-26)16-6-7-21(8-9-21)30-19(16)24-17/h2-5H,6-13H2,1H3,(H2,22,25,27). The number of anilines is 2. The van der Waals surface area contributed by atoms with E-state index >= 15 is 0 Å². The molecule has 2 amide bonds. The molecule has 158 valence electrons. The van der Waals surface area contributed by atoms with Gasteiger partial charge in [-0.2, -0.15) is 4.98 Å². The summed E-state index contributed by atoms with van der Waals surface area (Å²) in [6, 6.07) is 6.97. The molecule has 30 heavy (non-hydrogen) atoms. The maximum Gasteiger partial charge on any atom is 0.343 e. The molecule has 0 unspecified atom stereocenters. The van der Waals surface area contributed by atoms with E-state index in [1.54, 1.807) is 0 Å². The summed E-state index contributed by atoms with van der Waals surface area (Å²) in [5, 5.41) is 2.69. The molecule has 1 aromatic heterocycles. The minimum absolute atomic E-state index is 0.0105. The second-order valence-electron chi connectivity index (χ2n) is 7.88. The van der Waals surface area contributed by atoms with Gasteiger partial charge in [-0.15, -0.1) is 0 Å². The number of hydrogen-bond acceptors (Lipinski definition) is 7. The van der Waals surface area contributed by atoms with E-state index in [1.165, 1.54) is 7.11 Å². The Balaban J connectivity index is 1.46. The van der Waals surface area contributed by atoms with Crippen molar-refractivity contribution in [3.05, 3.63) is 29.8 Å². The number of fused-ring (bicyclic) bond motifs is 1. The van der Waals surface area contributed by atoms with E-state index in [1.807, 2.05) is 24.3 Å². The van der Waals surface area contributed by atoms with Crippen molar-refractivity contribution >= 4 is 17.5 Å². The van der Waals surface area contributed by atoms with E-state index in [-0.39, 0.29) is 5.60 Å². The Morgan fingerprint density at radius 3 is 2.60 bits per heavy atom. The van der Waals surface area contributed by atoms with Gasteiger partial charge in [-0.3, -0.25) is 4.84 Å². The molecule has 9 nitrogen and oxygen atoms in total. The highest BCUT2D eigenvalue weighted by Gasteiger charge is 2.48. The molecule has 1 saturated carbocycles. The second-order valence-corrected chi connectivity index (χ2v) is 7.88. The lowest BCUT2D eigenvalue weighted by Crippen LogP contribution is -2.38. The van der Waals surface area contributed by atoms with Gasteiger partial charge in [0.2, 0.25) is 5.88 Å². The Kier molecular flexibility index (Phi) is 4.92. The van der Waals surface area contributed by atoms with Gasteiger partial charge < -0.3 is 19.7 Å². The van der Waals surface area contributed by atoms with Gasteiger partial charge in [0, 0.05) is 24.3 Å². The predicted molar refractivity (Wildman–Crippen MR) is 111 cm³/mol. The number of nitrogens with one attached hydrogen (secondary N) is 2. The monoisotopic (exact) mass is 411 g/mol. The van der Waals surface area contributed by atoms with Crippen LogP contribution in [0.4, 0.5) is 16.3 Å². The maximum atomic E-state index is 11.6. The number of hydroxylamine groups is 1. The Bertz CT molecular complexity index is 939. The van der Waals surface area contributed by atoms with Crippen molar-refractivity contribution in [2.75, 3.05) is 43.6 Å². The molecule has 1 saturated heterocycles. The first kappa shape index (κ1) is 19.1. The molecule has 0 atom stereocenters. The molecule has 0 bridgehead atoms. The molecule has 3 aliphatic rings. The summed E-state index contributed by atoms with van der Waals surface area (Å²) in [5.74, 6) is 2.29. The first-order valence-electron chi connectivity index (χ1n) is 10.3. The van der Waals surface area contributed by atoms with Gasteiger partial charge >= 0.3 is 6.03 Å². The van der Waals surface area contributed by atoms with E-state index in [2.05, 4.69) is 20.5 Å². The Hall–Kier alpha value is -2.91. The van der Waals surface area contributed by atoms with E-state index in [9.17, 15) is 4.79 Å². The van der Waals surface area contributed by atoms with Gasteiger partial charge in [0.25, 0.3) is 0 Å². The molecule has 2 aliphatic heterocycles. The lowest BCUT2D eigenvalue weighted by atomic mass is 10.0. The number of amides is 2. The summed E-state index contributed by atoms with van der Waals surface area (Å²) < 4.78 is 11.9. The van der Waals surface area contributed by atoms with Crippen LogP contribution in [0.5, 0.6) is 5.88 Å². The van der Waals surface area contributed by atoms with Crippen LogP contribution in [0.1, 0.15) is 24.8 Å². The Morgan fingerprint density at radius 1 is 1.13 bits per heavy atom. The van der Waals surface area contributed by atoms with Crippen LogP contribution in [0.15, 0.2) is 24.3 Å². The number of rotatable bonds is 4. The lowest BCUT2D eigenvalue weighted by Gasteiger charge is -2.33. The fraction of sp³-hybridized carbons (Fsp3) is 0.476. The summed E-state index contributed by atoms with van der Waals surface area (Å²) in [6.07, 6.45) is 4.18. The van der Waals surface area contributed by atoms with Crippen LogP contribution in [-0.2, 0) is 16.0 Å². The lowest BCUT2D eigenvalue weighted by molar-refractivity contribution is 0.114. The molecule has 1 aromatic carbocycles. The average molecular weight is 411 g/mol. The smallest absolute Gasteiger partial charge is 0.343 e. The molecular weight excluding hydrogens is 386 g/mol. The molecule has 1 aliphatic carbocycles. The van der Waals surface area contributed by atoms with Crippen LogP contribution in [0, 0.1) is 0 Å². The van der Waals surface area contributed by atoms with Crippen LogP contribution in [0.25, 0.3) is 11.4 Å². The van der Waals surface area contributed by atoms with Crippen molar-refractivity contribution in [3.8, 4) is 17.3 Å². The highest BCUT2D eigenvalue weighted by Crippen LogP contribution is 2.49. The van der Waals surface area contributed by atoms with Gasteiger partial charge in [0.1, 0.15) is 11.4 Å². The second kappa shape index (κ2) is 7.73.